The molecule has 7 nitrogen and oxygen atoms in total. The first-order chi connectivity index (χ1) is 14.1. The average Bonchev–Trinajstić information content (AvgIpc) is 3.32. The Morgan fingerprint density at radius 2 is 2.07 bits per heavy atom. The minimum Gasteiger partial charge on any atom is -0.472 e. The Balaban J connectivity index is 1.33. The molecule has 0 bridgehead atoms. The van der Waals surface area contributed by atoms with E-state index in [1.54, 1.807) is 6.07 Å². The van der Waals surface area contributed by atoms with Crippen LogP contribution in [0.25, 0.3) is 0 Å². The van der Waals surface area contributed by atoms with Crippen LogP contribution in [0.5, 0.6) is 0 Å². The maximum atomic E-state index is 13.9. The van der Waals surface area contributed by atoms with Crippen molar-refractivity contribution in [3.8, 4) is 0 Å². The molecule has 1 N–H and O–H groups in total. The van der Waals surface area contributed by atoms with Crippen molar-refractivity contribution in [1.29, 1.82) is 0 Å². The van der Waals surface area contributed by atoms with Crippen LogP contribution >= 0.6 is 0 Å². The number of aromatic nitrogens is 3. The van der Waals surface area contributed by atoms with E-state index in [1.165, 1.54) is 24.7 Å². The summed E-state index contributed by atoms with van der Waals surface area (Å²) < 4.78 is 34.0. The zero-order chi connectivity index (χ0) is 20.2. The second-order valence-corrected chi connectivity index (χ2v) is 6.96. The van der Waals surface area contributed by atoms with Gasteiger partial charge in [0.25, 0.3) is 5.91 Å². The molecule has 0 aliphatic carbocycles. The third-order valence-corrected chi connectivity index (χ3v) is 5.02. The first-order valence-corrected chi connectivity index (χ1v) is 9.48. The van der Waals surface area contributed by atoms with Gasteiger partial charge in [-0.1, -0.05) is 6.07 Å². The number of carbonyl (C=O) groups excluding carboxylic acids is 1. The second-order valence-electron chi connectivity index (χ2n) is 6.96. The molecule has 3 aromatic rings. The number of furan rings is 1. The molecular weight excluding hydrogens is 380 g/mol. The van der Waals surface area contributed by atoms with E-state index in [9.17, 15) is 13.6 Å². The fraction of sp³-hybridized carbons (Fsp3) is 0.350. The minimum absolute atomic E-state index is 0.193. The van der Waals surface area contributed by atoms with Gasteiger partial charge in [-0.3, -0.25) is 9.69 Å². The predicted molar refractivity (Wildman–Crippen MR) is 100 cm³/mol. The molecular formula is C20H21F2N5O2. The van der Waals surface area contributed by atoms with Gasteiger partial charge >= 0.3 is 0 Å². The first-order valence-electron chi connectivity index (χ1n) is 9.48. The molecule has 152 valence electrons. The minimum atomic E-state index is -0.571. The van der Waals surface area contributed by atoms with Gasteiger partial charge in [0.15, 0.2) is 0 Å². The fourth-order valence-electron chi connectivity index (χ4n) is 3.44. The zero-order valence-electron chi connectivity index (χ0n) is 15.8. The molecule has 0 atom stereocenters. The van der Waals surface area contributed by atoms with Crippen LogP contribution < -0.4 is 5.32 Å². The Hall–Kier alpha value is -3.07. The van der Waals surface area contributed by atoms with Crippen LogP contribution in [0.2, 0.25) is 0 Å². The van der Waals surface area contributed by atoms with Gasteiger partial charge in [-0.05, 0) is 12.1 Å². The lowest BCUT2D eigenvalue weighted by Gasteiger charge is -2.20. The molecule has 0 saturated heterocycles. The van der Waals surface area contributed by atoms with E-state index >= 15 is 0 Å². The predicted octanol–water partition coefficient (Wildman–Crippen LogP) is 2.18. The van der Waals surface area contributed by atoms with E-state index in [0.29, 0.717) is 56.7 Å². The quantitative estimate of drug-likeness (QED) is 0.685. The molecule has 1 amide bonds. The Labute approximate surface area is 166 Å². The summed E-state index contributed by atoms with van der Waals surface area (Å²) in [5.74, 6) is 0.396. The lowest BCUT2D eigenvalue weighted by Crippen LogP contribution is -2.28. The van der Waals surface area contributed by atoms with Crippen LogP contribution in [0.15, 0.2) is 41.2 Å². The van der Waals surface area contributed by atoms with Gasteiger partial charge in [0.1, 0.15) is 29.5 Å². The summed E-state index contributed by atoms with van der Waals surface area (Å²) in [6.45, 7) is 2.95. The number of benzene rings is 1. The molecule has 0 radical (unpaired) electrons. The normalized spacial score (nSPS) is 14.4. The molecule has 1 aliphatic heterocycles. The summed E-state index contributed by atoms with van der Waals surface area (Å²) in [6, 6.07) is 5.29. The van der Waals surface area contributed by atoms with E-state index < -0.39 is 11.6 Å². The first kappa shape index (κ1) is 19.3. The third kappa shape index (κ3) is 4.51. The van der Waals surface area contributed by atoms with Crippen molar-refractivity contribution in [2.24, 2.45) is 0 Å². The van der Waals surface area contributed by atoms with Crippen LogP contribution in [-0.4, -0.2) is 45.2 Å². The molecule has 3 heterocycles. The van der Waals surface area contributed by atoms with E-state index in [1.807, 2.05) is 0 Å². The summed E-state index contributed by atoms with van der Waals surface area (Å²) in [6.07, 6.45) is 4.11. The van der Waals surface area contributed by atoms with E-state index in [-0.39, 0.29) is 5.91 Å². The topological polar surface area (TPSA) is 76.2 Å². The molecule has 1 aromatic carbocycles. The van der Waals surface area contributed by atoms with Crippen molar-refractivity contribution in [2.45, 2.75) is 25.9 Å². The highest BCUT2D eigenvalue weighted by Crippen LogP contribution is 2.15. The molecule has 1 aliphatic rings. The van der Waals surface area contributed by atoms with E-state index in [4.69, 9.17) is 4.42 Å². The van der Waals surface area contributed by atoms with Crippen LogP contribution in [0.3, 0.4) is 0 Å². The summed E-state index contributed by atoms with van der Waals surface area (Å²) in [5, 5.41) is 11.4. The Bertz CT molecular complexity index is 987. The Morgan fingerprint density at radius 3 is 2.86 bits per heavy atom. The molecule has 0 saturated carbocycles. The lowest BCUT2D eigenvalue weighted by atomic mass is 10.2. The number of rotatable bonds is 6. The number of nitrogens with zero attached hydrogens (tertiary/aromatic N) is 4. The molecule has 2 aromatic heterocycles. The van der Waals surface area contributed by atoms with Crippen LogP contribution in [0.1, 0.15) is 27.6 Å². The number of nitrogens with one attached hydrogen (secondary N) is 1. The second kappa shape index (κ2) is 8.52. The summed E-state index contributed by atoms with van der Waals surface area (Å²) in [4.78, 5) is 14.1. The van der Waals surface area contributed by atoms with Crippen molar-refractivity contribution in [1.82, 2.24) is 25.0 Å². The Kier molecular flexibility index (Phi) is 5.66. The van der Waals surface area contributed by atoms with Crippen molar-refractivity contribution in [3.05, 3.63) is 71.2 Å². The zero-order valence-corrected chi connectivity index (χ0v) is 15.8. The van der Waals surface area contributed by atoms with Crippen LogP contribution in [0, 0.1) is 11.6 Å². The molecule has 4 rings (SSSR count). The maximum absolute atomic E-state index is 13.9. The third-order valence-electron chi connectivity index (χ3n) is 5.02. The summed E-state index contributed by atoms with van der Waals surface area (Å²) in [5.41, 5.74) is 0.958. The standard InChI is InChI=1S/C20H21F2N5O2/c21-16-2-1-14(17(22)11-16)12-26-7-4-19-25-24-18(27(19)9-8-26)3-6-23-20(28)15-5-10-29-13-15/h1-2,5,10-11,13H,3-4,6-9,12H2,(H,23,28). The number of hydrogen-bond acceptors (Lipinski definition) is 5. The number of hydrogen-bond donors (Lipinski definition) is 1. The van der Waals surface area contributed by atoms with Gasteiger partial charge < -0.3 is 14.3 Å². The maximum Gasteiger partial charge on any atom is 0.254 e. The number of halogens is 2. The van der Waals surface area contributed by atoms with Crippen molar-refractivity contribution in [2.75, 3.05) is 19.6 Å². The lowest BCUT2D eigenvalue weighted by molar-refractivity contribution is 0.0953. The summed E-state index contributed by atoms with van der Waals surface area (Å²) in [7, 11) is 0. The van der Waals surface area contributed by atoms with Gasteiger partial charge in [-0.2, -0.15) is 0 Å². The van der Waals surface area contributed by atoms with Crippen molar-refractivity contribution < 1.29 is 18.0 Å². The molecule has 29 heavy (non-hydrogen) atoms. The molecule has 0 spiro atoms. The van der Waals surface area contributed by atoms with E-state index in [0.717, 1.165) is 17.7 Å². The van der Waals surface area contributed by atoms with Crippen LogP contribution in [-0.2, 0) is 25.9 Å². The molecule has 9 heteroatoms. The number of fused-ring (bicyclic) bond motifs is 1. The molecule has 0 unspecified atom stereocenters. The monoisotopic (exact) mass is 401 g/mol. The van der Waals surface area contributed by atoms with Gasteiger partial charge in [0, 0.05) is 57.2 Å². The largest absolute Gasteiger partial charge is 0.472 e. The van der Waals surface area contributed by atoms with Gasteiger partial charge in [0.2, 0.25) is 0 Å². The highest BCUT2D eigenvalue weighted by Gasteiger charge is 2.20. The fourth-order valence-corrected chi connectivity index (χ4v) is 3.44. The Morgan fingerprint density at radius 1 is 1.17 bits per heavy atom. The SMILES string of the molecule is O=C(NCCc1nnc2n1CCN(Cc1ccc(F)cc1F)CC2)c1ccoc1. The summed E-state index contributed by atoms with van der Waals surface area (Å²) >= 11 is 0. The average molecular weight is 401 g/mol. The molecule has 0 fully saturated rings. The van der Waals surface area contributed by atoms with Crippen molar-refractivity contribution in [3.63, 3.8) is 0 Å². The van der Waals surface area contributed by atoms with Gasteiger partial charge in [-0.15, -0.1) is 10.2 Å². The van der Waals surface area contributed by atoms with Gasteiger partial charge in [0.05, 0.1) is 11.8 Å². The highest BCUT2D eigenvalue weighted by atomic mass is 19.1. The van der Waals surface area contributed by atoms with Crippen molar-refractivity contribution >= 4 is 5.91 Å². The van der Waals surface area contributed by atoms with Crippen LogP contribution in [0.4, 0.5) is 8.78 Å². The highest BCUT2D eigenvalue weighted by molar-refractivity contribution is 5.93. The number of amides is 1. The van der Waals surface area contributed by atoms with Gasteiger partial charge in [-0.25, -0.2) is 8.78 Å². The van der Waals surface area contributed by atoms with E-state index in [2.05, 4.69) is 25.0 Å². The number of carbonyl (C=O) groups is 1. The smallest absolute Gasteiger partial charge is 0.254 e.